The predicted molar refractivity (Wildman–Crippen MR) is 72.6 cm³/mol. The van der Waals surface area contributed by atoms with Gasteiger partial charge in [0.1, 0.15) is 6.04 Å². The van der Waals surface area contributed by atoms with Crippen LogP contribution in [0.15, 0.2) is 30.3 Å². The van der Waals surface area contributed by atoms with Crippen molar-refractivity contribution in [3.63, 3.8) is 0 Å². The number of nitrogens with zero attached hydrogens (tertiary/aromatic N) is 1. The first-order chi connectivity index (χ1) is 8.50. The van der Waals surface area contributed by atoms with E-state index in [-0.39, 0.29) is 6.04 Å². The molecule has 0 spiro atoms. The number of benzene rings is 1. The highest BCUT2D eigenvalue weighted by Crippen LogP contribution is 2.14. The molecule has 4 nitrogen and oxygen atoms in total. The van der Waals surface area contributed by atoms with Crippen LogP contribution in [-0.2, 0) is 4.79 Å². The highest BCUT2D eigenvalue weighted by Gasteiger charge is 2.21. The van der Waals surface area contributed by atoms with Crippen LogP contribution in [0.4, 0.5) is 0 Å². The summed E-state index contributed by atoms with van der Waals surface area (Å²) in [6, 6.07) is 8.80. The fraction of sp³-hybridized carbons (Fsp3) is 0.500. The molecule has 1 rings (SSSR count). The van der Waals surface area contributed by atoms with Crippen molar-refractivity contribution in [2.45, 2.75) is 25.4 Å². The SMILES string of the molecule is CC(CCN(C)C)NC(C(=O)O)c1ccccc1. The highest BCUT2D eigenvalue weighted by molar-refractivity contribution is 5.75. The molecule has 4 heteroatoms. The number of aliphatic carboxylic acids is 1. The Morgan fingerprint density at radius 1 is 1.33 bits per heavy atom. The van der Waals surface area contributed by atoms with Crippen LogP contribution in [0.5, 0.6) is 0 Å². The first kappa shape index (κ1) is 14.7. The van der Waals surface area contributed by atoms with Gasteiger partial charge < -0.3 is 10.0 Å². The second kappa shape index (κ2) is 7.13. The van der Waals surface area contributed by atoms with Crippen molar-refractivity contribution >= 4 is 5.97 Å². The summed E-state index contributed by atoms with van der Waals surface area (Å²) in [6.45, 7) is 2.96. The minimum atomic E-state index is -0.835. The van der Waals surface area contributed by atoms with Crippen LogP contribution in [0, 0.1) is 0 Å². The zero-order valence-electron chi connectivity index (χ0n) is 11.3. The van der Waals surface area contributed by atoms with Gasteiger partial charge in [-0.2, -0.15) is 0 Å². The molecule has 2 N–H and O–H groups in total. The summed E-state index contributed by atoms with van der Waals surface area (Å²) in [7, 11) is 4.02. The number of carboxylic acids is 1. The van der Waals surface area contributed by atoms with Gasteiger partial charge >= 0.3 is 5.97 Å². The summed E-state index contributed by atoms with van der Waals surface area (Å²) in [4.78, 5) is 13.4. The zero-order chi connectivity index (χ0) is 13.5. The van der Waals surface area contributed by atoms with Crippen molar-refractivity contribution in [2.75, 3.05) is 20.6 Å². The third-order valence-corrected chi connectivity index (χ3v) is 2.84. The average Bonchev–Trinajstić information content (AvgIpc) is 2.34. The molecule has 2 unspecified atom stereocenters. The molecule has 2 atom stereocenters. The van der Waals surface area contributed by atoms with Crippen molar-refractivity contribution in [1.82, 2.24) is 10.2 Å². The van der Waals surface area contributed by atoms with Crippen LogP contribution in [0.1, 0.15) is 24.9 Å². The van der Waals surface area contributed by atoms with Crippen LogP contribution in [0.2, 0.25) is 0 Å². The minimum absolute atomic E-state index is 0.161. The summed E-state index contributed by atoms with van der Waals surface area (Å²) in [6.07, 6.45) is 0.920. The van der Waals surface area contributed by atoms with E-state index in [4.69, 9.17) is 0 Å². The molecular formula is C14H22N2O2. The largest absolute Gasteiger partial charge is 0.480 e. The fourth-order valence-corrected chi connectivity index (χ4v) is 1.78. The number of nitrogens with one attached hydrogen (secondary N) is 1. The maximum atomic E-state index is 11.3. The van der Waals surface area contributed by atoms with Gasteiger partial charge in [0.15, 0.2) is 0 Å². The first-order valence-electron chi connectivity index (χ1n) is 6.19. The monoisotopic (exact) mass is 250 g/mol. The molecule has 0 aromatic heterocycles. The third-order valence-electron chi connectivity index (χ3n) is 2.84. The molecule has 0 amide bonds. The molecular weight excluding hydrogens is 228 g/mol. The number of hydrogen-bond donors (Lipinski definition) is 2. The molecule has 0 radical (unpaired) electrons. The van der Waals surface area contributed by atoms with Crippen LogP contribution in [0.3, 0.4) is 0 Å². The maximum absolute atomic E-state index is 11.3. The van der Waals surface area contributed by atoms with Crippen molar-refractivity contribution < 1.29 is 9.90 Å². The second-order valence-corrected chi connectivity index (χ2v) is 4.84. The molecule has 0 fully saturated rings. The van der Waals surface area contributed by atoms with E-state index in [0.29, 0.717) is 0 Å². The summed E-state index contributed by atoms with van der Waals surface area (Å²) in [5.41, 5.74) is 0.793. The standard InChI is InChI=1S/C14H22N2O2/c1-11(9-10-16(2)3)15-13(14(17)18)12-7-5-4-6-8-12/h4-8,11,13,15H,9-10H2,1-3H3,(H,17,18). The normalized spacial score (nSPS) is 14.4. The van der Waals surface area contributed by atoms with E-state index in [1.54, 1.807) is 0 Å². The number of carboxylic acid groups (broad SMARTS) is 1. The Hall–Kier alpha value is -1.39. The summed E-state index contributed by atoms with van der Waals surface area (Å²) >= 11 is 0. The summed E-state index contributed by atoms with van der Waals surface area (Å²) < 4.78 is 0. The van der Waals surface area contributed by atoms with E-state index in [0.717, 1.165) is 18.5 Å². The molecule has 0 saturated carbocycles. The molecule has 1 aromatic carbocycles. The lowest BCUT2D eigenvalue weighted by atomic mass is 10.1. The number of rotatable bonds is 7. The van der Waals surface area contributed by atoms with Gasteiger partial charge in [-0.1, -0.05) is 30.3 Å². The first-order valence-corrected chi connectivity index (χ1v) is 6.19. The van der Waals surface area contributed by atoms with E-state index >= 15 is 0 Å². The highest BCUT2D eigenvalue weighted by atomic mass is 16.4. The Labute approximate surface area is 109 Å². The molecule has 0 heterocycles. The van der Waals surface area contributed by atoms with Crippen molar-refractivity contribution in [2.24, 2.45) is 0 Å². The zero-order valence-corrected chi connectivity index (χ0v) is 11.3. The summed E-state index contributed by atoms with van der Waals surface area (Å²) in [5.74, 6) is -0.835. The smallest absolute Gasteiger partial charge is 0.325 e. The molecule has 1 aromatic rings. The summed E-state index contributed by atoms with van der Waals surface area (Å²) in [5, 5.41) is 12.4. The van der Waals surface area contributed by atoms with Gasteiger partial charge in [-0.15, -0.1) is 0 Å². The van der Waals surface area contributed by atoms with Crippen LogP contribution in [0.25, 0.3) is 0 Å². The Morgan fingerprint density at radius 3 is 2.44 bits per heavy atom. The number of carbonyl (C=O) groups is 1. The lowest BCUT2D eigenvalue weighted by molar-refractivity contribution is -0.139. The number of hydrogen-bond acceptors (Lipinski definition) is 3. The molecule has 100 valence electrons. The van der Waals surface area contributed by atoms with Gasteiger partial charge in [-0.3, -0.25) is 10.1 Å². The second-order valence-electron chi connectivity index (χ2n) is 4.84. The molecule has 0 aliphatic heterocycles. The van der Waals surface area contributed by atoms with Gasteiger partial charge in [0, 0.05) is 6.04 Å². The molecule has 0 aliphatic carbocycles. The third kappa shape index (κ3) is 4.85. The van der Waals surface area contributed by atoms with Crippen LogP contribution >= 0.6 is 0 Å². The predicted octanol–water partition coefficient (Wildman–Crippen LogP) is 1.74. The van der Waals surface area contributed by atoms with Gasteiger partial charge in [-0.05, 0) is 39.5 Å². The Bertz CT molecular complexity index is 365. The lowest BCUT2D eigenvalue weighted by Gasteiger charge is -2.21. The van der Waals surface area contributed by atoms with Crippen LogP contribution in [-0.4, -0.2) is 42.7 Å². The maximum Gasteiger partial charge on any atom is 0.325 e. The van der Waals surface area contributed by atoms with Gasteiger partial charge in [-0.25, -0.2) is 0 Å². The van der Waals surface area contributed by atoms with Gasteiger partial charge in [0.25, 0.3) is 0 Å². The molecule has 0 saturated heterocycles. The fourth-order valence-electron chi connectivity index (χ4n) is 1.78. The van der Waals surface area contributed by atoms with Gasteiger partial charge in [0.2, 0.25) is 0 Å². The van der Waals surface area contributed by atoms with Crippen molar-refractivity contribution in [3.05, 3.63) is 35.9 Å². The Balaban J connectivity index is 2.62. The van der Waals surface area contributed by atoms with Crippen molar-refractivity contribution in [3.8, 4) is 0 Å². The quantitative estimate of drug-likeness (QED) is 0.774. The van der Waals surface area contributed by atoms with Crippen molar-refractivity contribution in [1.29, 1.82) is 0 Å². The van der Waals surface area contributed by atoms with E-state index in [1.165, 1.54) is 0 Å². The minimum Gasteiger partial charge on any atom is -0.480 e. The Kier molecular flexibility index (Phi) is 5.82. The van der Waals surface area contributed by atoms with Gasteiger partial charge in [0.05, 0.1) is 0 Å². The molecule has 0 aliphatic rings. The molecule has 18 heavy (non-hydrogen) atoms. The van der Waals surface area contributed by atoms with E-state index in [1.807, 2.05) is 51.4 Å². The van der Waals surface area contributed by atoms with E-state index in [2.05, 4.69) is 10.2 Å². The van der Waals surface area contributed by atoms with E-state index in [9.17, 15) is 9.90 Å². The Morgan fingerprint density at radius 2 is 1.94 bits per heavy atom. The van der Waals surface area contributed by atoms with Crippen LogP contribution < -0.4 is 5.32 Å². The van der Waals surface area contributed by atoms with E-state index < -0.39 is 12.0 Å². The molecule has 0 bridgehead atoms. The average molecular weight is 250 g/mol. The lowest BCUT2D eigenvalue weighted by Crippen LogP contribution is -2.37. The topological polar surface area (TPSA) is 52.6 Å².